The highest BCUT2D eigenvalue weighted by molar-refractivity contribution is 6.33. The maximum Gasteiger partial charge on any atom is 0.255 e. The number of amides is 1. The number of halogens is 2. The van der Waals surface area contributed by atoms with Gasteiger partial charge in [-0.2, -0.15) is 0 Å². The molecule has 1 aromatic rings. The van der Waals surface area contributed by atoms with E-state index >= 15 is 0 Å². The number of anilines is 1. The minimum absolute atomic E-state index is 0. The van der Waals surface area contributed by atoms with Gasteiger partial charge in [0.1, 0.15) is 5.75 Å². The quantitative estimate of drug-likeness (QED) is 0.603. The summed E-state index contributed by atoms with van der Waals surface area (Å²) in [6.45, 7) is 0.681. The topological polar surface area (TPSA) is 64.3 Å². The van der Waals surface area contributed by atoms with Crippen molar-refractivity contribution in [3.05, 3.63) is 22.7 Å². The van der Waals surface area contributed by atoms with E-state index in [0.29, 0.717) is 28.6 Å². The molecule has 3 N–H and O–H groups in total. The second-order valence-corrected chi connectivity index (χ2v) is 6.03. The molecule has 4 nitrogen and oxygen atoms in total. The fourth-order valence-corrected chi connectivity index (χ4v) is 3.07. The fourth-order valence-electron chi connectivity index (χ4n) is 2.90. The van der Waals surface area contributed by atoms with Gasteiger partial charge in [0.25, 0.3) is 5.91 Å². The number of carbonyl (C=O) groups is 1. The first-order chi connectivity index (χ1) is 10.1. The van der Waals surface area contributed by atoms with E-state index in [1.54, 1.807) is 12.1 Å². The number of nitrogen functional groups attached to an aromatic ring is 1. The Labute approximate surface area is 143 Å². The lowest BCUT2D eigenvalue weighted by atomic mass is 10.0. The van der Waals surface area contributed by atoms with Crippen LogP contribution in [0.1, 0.15) is 48.9 Å². The highest BCUT2D eigenvalue weighted by Crippen LogP contribution is 2.29. The zero-order chi connectivity index (χ0) is 15.2. The van der Waals surface area contributed by atoms with Gasteiger partial charge in [-0.05, 0) is 24.8 Å². The number of nitrogens with one attached hydrogen (secondary N) is 1. The molecule has 1 aliphatic rings. The van der Waals surface area contributed by atoms with Gasteiger partial charge in [0.05, 0.1) is 23.4 Å². The molecular weight excluding hydrogens is 323 g/mol. The number of methoxy groups -OCH3 is 1. The first-order valence-electron chi connectivity index (χ1n) is 7.53. The second-order valence-electron chi connectivity index (χ2n) is 5.62. The molecule has 1 fully saturated rings. The number of carbonyl (C=O) groups excluding carboxylic acids is 1. The van der Waals surface area contributed by atoms with Gasteiger partial charge in [-0.15, -0.1) is 12.4 Å². The van der Waals surface area contributed by atoms with Gasteiger partial charge in [0, 0.05) is 12.6 Å². The van der Waals surface area contributed by atoms with Crippen molar-refractivity contribution in [3.8, 4) is 5.75 Å². The Morgan fingerprint density at radius 1 is 1.41 bits per heavy atom. The normalized spacial score (nSPS) is 14.5. The molecule has 1 amide bonds. The van der Waals surface area contributed by atoms with Crippen LogP contribution in [0.15, 0.2) is 12.1 Å². The van der Waals surface area contributed by atoms with Crippen LogP contribution in [-0.4, -0.2) is 19.6 Å². The molecule has 2 rings (SSSR count). The van der Waals surface area contributed by atoms with Crippen LogP contribution in [0.25, 0.3) is 0 Å². The summed E-state index contributed by atoms with van der Waals surface area (Å²) in [6, 6.07) is 3.14. The van der Waals surface area contributed by atoms with E-state index < -0.39 is 0 Å². The minimum atomic E-state index is -0.167. The van der Waals surface area contributed by atoms with Crippen molar-refractivity contribution in [1.82, 2.24) is 5.32 Å². The number of ether oxygens (including phenoxy) is 1. The zero-order valence-corrected chi connectivity index (χ0v) is 14.4. The van der Waals surface area contributed by atoms with Crippen LogP contribution in [0.3, 0.4) is 0 Å². The van der Waals surface area contributed by atoms with Crippen molar-refractivity contribution < 1.29 is 9.53 Å². The Kier molecular flexibility index (Phi) is 7.83. The third kappa shape index (κ3) is 4.96. The van der Waals surface area contributed by atoms with E-state index in [4.69, 9.17) is 22.1 Å². The van der Waals surface area contributed by atoms with Gasteiger partial charge in [-0.1, -0.05) is 37.3 Å². The van der Waals surface area contributed by atoms with E-state index in [2.05, 4.69) is 5.32 Å². The van der Waals surface area contributed by atoms with Crippen molar-refractivity contribution in [2.45, 2.75) is 38.5 Å². The molecule has 0 bridgehead atoms. The Hall–Kier alpha value is -1.13. The van der Waals surface area contributed by atoms with Gasteiger partial charge in [-0.3, -0.25) is 4.79 Å². The highest BCUT2D eigenvalue weighted by atomic mass is 35.5. The summed E-state index contributed by atoms with van der Waals surface area (Å²) in [5, 5.41) is 3.29. The third-order valence-electron chi connectivity index (χ3n) is 4.11. The van der Waals surface area contributed by atoms with Crippen LogP contribution in [0.5, 0.6) is 5.75 Å². The maximum absolute atomic E-state index is 12.2. The lowest BCUT2D eigenvalue weighted by molar-refractivity contribution is 0.0949. The van der Waals surface area contributed by atoms with Gasteiger partial charge >= 0.3 is 0 Å². The lowest BCUT2D eigenvalue weighted by Crippen LogP contribution is -2.25. The van der Waals surface area contributed by atoms with Gasteiger partial charge in [0.2, 0.25) is 0 Å². The molecule has 0 atom stereocenters. The van der Waals surface area contributed by atoms with Crippen LogP contribution < -0.4 is 15.8 Å². The van der Waals surface area contributed by atoms with Crippen LogP contribution >= 0.6 is 24.0 Å². The van der Waals surface area contributed by atoms with E-state index in [1.807, 2.05) is 0 Å². The summed E-state index contributed by atoms with van der Waals surface area (Å²) in [5.74, 6) is 1.13. The Bertz CT molecular complexity index is 503. The second kappa shape index (κ2) is 9.11. The van der Waals surface area contributed by atoms with Gasteiger partial charge in [-0.25, -0.2) is 0 Å². The minimum Gasteiger partial charge on any atom is -0.496 e. The van der Waals surface area contributed by atoms with E-state index in [0.717, 1.165) is 12.3 Å². The monoisotopic (exact) mass is 346 g/mol. The van der Waals surface area contributed by atoms with Crippen LogP contribution in [0.4, 0.5) is 5.69 Å². The Morgan fingerprint density at radius 3 is 2.73 bits per heavy atom. The number of benzene rings is 1. The van der Waals surface area contributed by atoms with E-state index in [-0.39, 0.29) is 18.3 Å². The smallest absolute Gasteiger partial charge is 0.255 e. The fraction of sp³-hybridized carbons (Fsp3) is 0.562. The summed E-state index contributed by atoms with van der Waals surface area (Å²) in [6.07, 6.45) is 7.61. The van der Waals surface area contributed by atoms with Gasteiger partial charge < -0.3 is 15.8 Å². The number of hydrogen-bond donors (Lipinski definition) is 2. The van der Waals surface area contributed by atoms with Crippen molar-refractivity contribution in [2.75, 3.05) is 19.4 Å². The molecule has 124 valence electrons. The van der Waals surface area contributed by atoms with E-state index in [9.17, 15) is 4.79 Å². The van der Waals surface area contributed by atoms with Gasteiger partial charge in [0.15, 0.2) is 0 Å². The first-order valence-corrected chi connectivity index (χ1v) is 7.91. The molecular formula is C16H24Cl2N2O2. The predicted molar refractivity (Wildman–Crippen MR) is 93.2 cm³/mol. The average Bonchev–Trinajstić information content (AvgIpc) is 2.99. The summed E-state index contributed by atoms with van der Waals surface area (Å²) in [7, 11) is 1.51. The van der Waals surface area contributed by atoms with Crippen LogP contribution in [0, 0.1) is 5.92 Å². The van der Waals surface area contributed by atoms with Crippen molar-refractivity contribution >= 4 is 35.6 Å². The van der Waals surface area contributed by atoms with Crippen LogP contribution in [0.2, 0.25) is 5.02 Å². The van der Waals surface area contributed by atoms with Crippen molar-refractivity contribution in [2.24, 2.45) is 5.92 Å². The van der Waals surface area contributed by atoms with E-state index in [1.165, 1.54) is 39.2 Å². The summed E-state index contributed by atoms with van der Waals surface area (Å²) < 4.78 is 5.19. The molecule has 1 aromatic carbocycles. The summed E-state index contributed by atoms with van der Waals surface area (Å²) in [4.78, 5) is 12.2. The third-order valence-corrected chi connectivity index (χ3v) is 4.44. The molecule has 0 aromatic heterocycles. The predicted octanol–water partition coefficient (Wildman–Crippen LogP) is 4.05. The summed E-state index contributed by atoms with van der Waals surface area (Å²) >= 11 is 5.97. The zero-order valence-electron chi connectivity index (χ0n) is 12.9. The molecule has 0 heterocycles. The molecule has 22 heavy (non-hydrogen) atoms. The SMILES string of the molecule is COc1cc(N)c(Cl)cc1C(=O)NCCCC1CCCC1.Cl. The lowest BCUT2D eigenvalue weighted by Gasteiger charge is -2.12. The Morgan fingerprint density at radius 2 is 2.09 bits per heavy atom. The molecule has 0 aliphatic heterocycles. The van der Waals surface area contributed by atoms with Crippen molar-refractivity contribution in [1.29, 1.82) is 0 Å². The molecule has 0 radical (unpaired) electrons. The largest absolute Gasteiger partial charge is 0.496 e. The van der Waals surface area contributed by atoms with Crippen LogP contribution in [-0.2, 0) is 0 Å². The molecule has 0 saturated heterocycles. The molecule has 6 heteroatoms. The average molecular weight is 347 g/mol. The molecule has 1 saturated carbocycles. The summed E-state index contributed by atoms with van der Waals surface area (Å²) in [5.41, 5.74) is 6.55. The number of hydrogen-bond acceptors (Lipinski definition) is 3. The number of nitrogens with two attached hydrogens (primary N) is 1. The maximum atomic E-state index is 12.2. The molecule has 0 spiro atoms. The number of rotatable bonds is 6. The first kappa shape index (κ1) is 18.9. The Balaban J connectivity index is 0.00000242. The molecule has 1 aliphatic carbocycles. The molecule has 0 unspecified atom stereocenters. The highest BCUT2D eigenvalue weighted by Gasteiger charge is 2.16. The van der Waals surface area contributed by atoms with Crippen molar-refractivity contribution in [3.63, 3.8) is 0 Å². The standard InChI is InChI=1S/C16H23ClN2O2.ClH/c1-21-15-10-14(18)13(17)9-12(15)16(20)19-8-4-7-11-5-2-3-6-11;/h9-11H,2-8,18H2,1H3,(H,19,20);1H.